The first-order valence-electron chi connectivity index (χ1n) is 12.5. The summed E-state index contributed by atoms with van der Waals surface area (Å²) in [5, 5.41) is 25.1. The minimum atomic E-state index is -0.444. The van der Waals surface area contributed by atoms with Crippen LogP contribution in [0.1, 0.15) is 50.6 Å². The van der Waals surface area contributed by atoms with Crippen LogP contribution in [-0.2, 0) is 0 Å². The smallest absolute Gasteiger partial charge is 0.228 e. The average molecular weight is 454 g/mol. The van der Waals surface area contributed by atoms with Crippen molar-refractivity contribution in [3.05, 3.63) is 17.8 Å². The zero-order valence-corrected chi connectivity index (χ0v) is 19.4. The van der Waals surface area contributed by atoms with Crippen LogP contribution < -0.4 is 15.4 Å². The molecule has 2 aromatic rings. The molecule has 5 aliphatic rings. The summed E-state index contributed by atoms with van der Waals surface area (Å²) in [6.45, 7) is 5.81. The van der Waals surface area contributed by atoms with Gasteiger partial charge in [0.25, 0.3) is 0 Å². The number of anilines is 3. The van der Waals surface area contributed by atoms with Crippen molar-refractivity contribution < 1.29 is 9.84 Å². The predicted molar refractivity (Wildman–Crippen MR) is 126 cm³/mol. The normalized spacial score (nSPS) is 32.9. The molecule has 0 radical (unpaired) electrons. The number of nitrogens with one attached hydrogen (secondary N) is 3. The Balaban J connectivity index is 1.19. The van der Waals surface area contributed by atoms with E-state index in [0.717, 1.165) is 50.4 Å². The lowest BCUT2D eigenvalue weighted by Gasteiger charge is -2.58. The first-order valence-corrected chi connectivity index (χ1v) is 12.5. The van der Waals surface area contributed by atoms with Gasteiger partial charge in [0.05, 0.1) is 5.60 Å². The first kappa shape index (κ1) is 21.2. The number of rotatable bonds is 8. The number of aromatic nitrogens is 4. The van der Waals surface area contributed by atoms with Gasteiger partial charge in [-0.2, -0.15) is 15.1 Å². The van der Waals surface area contributed by atoms with Crippen LogP contribution in [0.3, 0.4) is 0 Å². The molecule has 1 saturated heterocycles. The quantitative estimate of drug-likeness (QED) is 0.483. The Labute approximate surface area is 194 Å². The van der Waals surface area contributed by atoms with Gasteiger partial charge in [0.2, 0.25) is 11.8 Å². The number of H-pyrrole nitrogens is 1. The summed E-state index contributed by atoms with van der Waals surface area (Å²) in [6.07, 6.45) is 7.71. The second-order valence-corrected chi connectivity index (χ2v) is 10.7. The molecule has 3 heterocycles. The van der Waals surface area contributed by atoms with Crippen molar-refractivity contribution in [1.82, 2.24) is 25.1 Å². The molecule has 2 unspecified atom stereocenters. The maximum atomic E-state index is 10.9. The molecule has 33 heavy (non-hydrogen) atoms. The van der Waals surface area contributed by atoms with Gasteiger partial charge in [0.15, 0.2) is 5.82 Å². The highest BCUT2D eigenvalue weighted by Gasteiger charge is 2.54. The lowest BCUT2D eigenvalue weighted by Crippen LogP contribution is -2.59. The van der Waals surface area contributed by atoms with E-state index in [1.54, 1.807) is 0 Å². The molecule has 1 aliphatic heterocycles. The summed E-state index contributed by atoms with van der Waals surface area (Å²) in [5.74, 6) is 4.18. The molecule has 4 N–H and O–H groups in total. The SMILES string of the molecule is Cc1cc(Nc2cc(OCCN3CCCC3)nc(NC3C4CC5CC3CC(O)(C5)C4)n2)n[nH]1. The number of aryl methyl sites for hydroxylation is 1. The van der Waals surface area contributed by atoms with E-state index in [4.69, 9.17) is 14.7 Å². The first-order chi connectivity index (χ1) is 16.0. The summed E-state index contributed by atoms with van der Waals surface area (Å²) in [4.78, 5) is 11.9. The number of aromatic amines is 1. The summed E-state index contributed by atoms with van der Waals surface area (Å²) in [5.41, 5.74) is 0.541. The molecule has 0 amide bonds. The zero-order chi connectivity index (χ0) is 22.4. The van der Waals surface area contributed by atoms with Crippen molar-refractivity contribution in [1.29, 1.82) is 0 Å². The van der Waals surface area contributed by atoms with E-state index >= 15 is 0 Å². The molecule has 4 saturated carbocycles. The number of likely N-dealkylation sites (tertiary alicyclic amines) is 1. The van der Waals surface area contributed by atoms with Gasteiger partial charge < -0.3 is 20.5 Å². The van der Waals surface area contributed by atoms with Crippen LogP contribution in [0, 0.1) is 24.7 Å². The molecule has 2 aromatic heterocycles. The van der Waals surface area contributed by atoms with E-state index in [1.165, 1.54) is 25.7 Å². The largest absolute Gasteiger partial charge is 0.476 e. The van der Waals surface area contributed by atoms with Gasteiger partial charge in [0, 0.05) is 30.4 Å². The van der Waals surface area contributed by atoms with Crippen LogP contribution in [0.25, 0.3) is 0 Å². The van der Waals surface area contributed by atoms with Crippen LogP contribution in [0.5, 0.6) is 5.88 Å². The van der Waals surface area contributed by atoms with Crippen molar-refractivity contribution >= 4 is 17.6 Å². The van der Waals surface area contributed by atoms with Crippen LogP contribution >= 0.6 is 0 Å². The molecule has 5 fully saturated rings. The van der Waals surface area contributed by atoms with Gasteiger partial charge >= 0.3 is 0 Å². The fourth-order valence-electron chi connectivity index (χ4n) is 6.89. The molecule has 9 nitrogen and oxygen atoms in total. The highest BCUT2D eigenvalue weighted by molar-refractivity contribution is 5.55. The second kappa shape index (κ2) is 8.43. The summed E-state index contributed by atoms with van der Waals surface area (Å²) in [7, 11) is 0. The Morgan fingerprint density at radius 1 is 1.12 bits per heavy atom. The number of hydrogen-bond donors (Lipinski definition) is 4. The standard InChI is InChI=1S/C24H35N7O2/c1-15-8-20(30-29-15)25-19-11-21(33-7-6-31-4-2-3-5-31)27-23(26-19)28-22-17-9-16-10-18(22)14-24(32,12-16)13-17/h8,11,16-18,22,32H,2-7,9-10,12-14H2,1H3,(H3,25,26,27,28,29,30). The molecule has 7 rings (SSSR count). The third-order valence-corrected chi connectivity index (χ3v) is 8.06. The number of hydrogen-bond acceptors (Lipinski definition) is 8. The van der Waals surface area contributed by atoms with E-state index in [2.05, 4.69) is 25.7 Å². The van der Waals surface area contributed by atoms with E-state index < -0.39 is 5.60 Å². The number of aliphatic hydroxyl groups is 1. The van der Waals surface area contributed by atoms with Gasteiger partial charge in [-0.15, -0.1) is 0 Å². The van der Waals surface area contributed by atoms with Gasteiger partial charge in [-0.05, 0) is 82.7 Å². The highest BCUT2D eigenvalue weighted by atomic mass is 16.5. The Morgan fingerprint density at radius 3 is 2.61 bits per heavy atom. The van der Waals surface area contributed by atoms with Crippen LogP contribution in [0.2, 0.25) is 0 Å². The molecular formula is C24H35N7O2. The monoisotopic (exact) mass is 453 g/mol. The molecule has 4 bridgehead atoms. The Hall–Kier alpha value is -2.39. The van der Waals surface area contributed by atoms with Crippen molar-refractivity contribution in [2.75, 3.05) is 36.9 Å². The van der Waals surface area contributed by atoms with Crippen LogP contribution in [0.15, 0.2) is 12.1 Å². The third-order valence-electron chi connectivity index (χ3n) is 8.06. The van der Waals surface area contributed by atoms with Crippen LogP contribution in [-0.4, -0.2) is 68.1 Å². The van der Waals surface area contributed by atoms with Gasteiger partial charge in [-0.1, -0.05) is 0 Å². The topological polar surface area (TPSA) is 111 Å². The fraction of sp³-hybridized carbons (Fsp3) is 0.708. The lowest BCUT2D eigenvalue weighted by molar-refractivity contribution is -0.129. The van der Waals surface area contributed by atoms with Crippen molar-refractivity contribution in [3.63, 3.8) is 0 Å². The average Bonchev–Trinajstić information content (AvgIpc) is 3.41. The molecule has 2 atom stereocenters. The van der Waals surface area contributed by atoms with Crippen molar-refractivity contribution in [3.8, 4) is 5.88 Å². The Bertz CT molecular complexity index is 973. The van der Waals surface area contributed by atoms with Gasteiger partial charge in [0.1, 0.15) is 12.4 Å². The van der Waals surface area contributed by atoms with E-state index in [9.17, 15) is 5.11 Å². The summed E-state index contributed by atoms with van der Waals surface area (Å²) in [6, 6.07) is 4.10. The van der Waals surface area contributed by atoms with E-state index in [-0.39, 0.29) is 0 Å². The van der Waals surface area contributed by atoms with E-state index in [1.807, 2.05) is 19.1 Å². The second-order valence-electron chi connectivity index (χ2n) is 10.7. The highest BCUT2D eigenvalue weighted by Crippen LogP contribution is 2.56. The maximum Gasteiger partial charge on any atom is 0.228 e. The molecule has 0 spiro atoms. The number of ether oxygens (including phenoxy) is 1. The zero-order valence-electron chi connectivity index (χ0n) is 19.4. The van der Waals surface area contributed by atoms with Crippen molar-refractivity contribution in [2.24, 2.45) is 17.8 Å². The molecule has 4 aliphatic carbocycles. The molecule has 0 aromatic carbocycles. The molecule has 9 heteroatoms. The molecular weight excluding hydrogens is 418 g/mol. The minimum absolute atomic E-state index is 0.308. The van der Waals surface area contributed by atoms with Crippen LogP contribution in [0.4, 0.5) is 17.6 Å². The fourth-order valence-corrected chi connectivity index (χ4v) is 6.89. The van der Waals surface area contributed by atoms with Gasteiger partial charge in [-0.25, -0.2) is 0 Å². The number of nitrogens with zero attached hydrogens (tertiary/aromatic N) is 4. The summed E-state index contributed by atoms with van der Waals surface area (Å²) < 4.78 is 6.07. The van der Waals surface area contributed by atoms with E-state index in [0.29, 0.717) is 48.0 Å². The predicted octanol–water partition coefficient (Wildman–Crippen LogP) is 3.08. The maximum absolute atomic E-state index is 10.9. The summed E-state index contributed by atoms with van der Waals surface area (Å²) >= 11 is 0. The molecule has 178 valence electrons. The van der Waals surface area contributed by atoms with Crippen molar-refractivity contribution in [2.45, 2.75) is 63.5 Å². The third kappa shape index (κ3) is 4.53. The Morgan fingerprint density at radius 2 is 1.91 bits per heavy atom. The minimum Gasteiger partial charge on any atom is -0.476 e. The Kier molecular flexibility index (Phi) is 5.41. The lowest BCUT2D eigenvalue weighted by atomic mass is 9.52. The van der Waals surface area contributed by atoms with Gasteiger partial charge in [-0.3, -0.25) is 10.00 Å².